The van der Waals surface area contributed by atoms with Crippen molar-refractivity contribution in [1.29, 1.82) is 0 Å². The van der Waals surface area contributed by atoms with Crippen LogP contribution in [0.4, 0.5) is 0 Å². The minimum atomic E-state index is -0.364. The van der Waals surface area contributed by atoms with E-state index in [-0.39, 0.29) is 14.1 Å². The zero-order valence-electron chi connectivity index (χ0n) is 12.9. The lowest BCUT2D eigenvalue weighted by molar-refractivity contribution is 0.546. The van der Waals surface area contributed by atoms with E-state index in [2.05, 4.69) is 25.4 Å². The molecule has 102 valence electrons. The maximum absolute atomic E-state index is 2.52. The molecule has 0 bridgehead atoms. The molecule has 17 heavy (non-hydrogen) atoms. The van der Waals surface area contributed by atoms with E-state index in [0.29, 0.717) is 0 Å². The smallest absolute Gasteiger partial charge is 0.106 e. The summed E-state index contributed by atoms with van der Waals surface area (Å²) in [5.41, 5.74) is 0. The predicted octanol–water partition coefficient (Wildman–Crippen LogP) is 6.44. The molecule has 0 aliphatic rings. The van der Waals surface area contributed by atoms with Crippen LogP contribution >= 0.6 is 0 Å². The minimum Gasteiger partial charge on any atom is -0.106 e. The lowest BCUT2D eigenvalue weighted by Crippen LogP contribution is -2.11. The number of hydrogen-bond acceptors (Lipinski definition) is 0. The van der Waals surface area contributed by atoms with Crippen molar-refractivity contribution in [2.24, 2.45) is 0 Å². The largest absolute Gasteiger partial charge is 0.258 e. The Balaban J connectivity index is 3.17. The van der Waals surface area contributed by atoms with Gasteiger partial charge in [0.05, 0.1) is 0 Å². The summed E-state index contributed by atoms with van der Waals surface area (Å²) in [5.74, 6) is 5.03. The van der Waals surface area contributed by atoms with Gasteiger partial charge in [0.25, 0.3) is 14.1 Å². The summed E-state index contributed by atoms with van der Waals surface area (Å²) >= 11 is -0.364. The van der Waals surface area contributed by atoms with Crippen LogP contribution in [0.25, 0.3) is 0 Å². The van der Waals surface area contributed by atoms with E-state index >= 15 is 0 Å². The van der Waals surface area contributed by atoms with Gasteiger partial charge >= 0.3 is 0 Å². The second kappa shape index (κ2) is 13.0. The molecule has 0 fully saturated rings. The third kappa shape index (κ3) is 11.4. The quantitative estimate of drug-likeness (QED) is 0.277. The SMILES string of the molecule is CCCCCCCCCCC[CH](CC)[Al]([CH3])[CH3]. The van der Waals surface area contributed by atoms with Crippen molar-refractivity contribution in [1.82, 2.24) is 0 Å². The normalized spacial score (nSPS) is 12.7. The van der Waals surface area contributed by atoms with Crippen LogP contribution in [0.3, 0.4) is 0 Å². The highest BCUT2D eigenvalue weighted by Gasteiger charge is 2.15. The molecule has 0 amide bonds. The second-order valence-corrected chi connectivity index (χ2v) is 9.46. The van der Waals surface area contributed by atoms with Crippen molar-refractivity contribution in [2.45, 2.75) is 101 Å². The summed E-state index contributed by atoms with van der Waals surface area (Å²) in [7, 11) is 0. The minimum absolute atomic E-state index is 0.364. The molecule has 0 N–H and O–H groups in total. The number of unbranched alkanes of at least 4 members (excludes halogenated alkanes) is 8. The Labute approximate surface area is 115 Å². The highest BCUT2D eigenvalue weighted by molar-refractivity contribution is 6.57. The van der Waals surface area contributed by atoms with E-state index < -0.39 is 0 Å². The molecule has 1 unspecified atom stereocenters. The first-order chi connectivity index (χ1) is 8.22. The topological polar surface area (TPSA) is 0 Å². The first-order valence-electron chi connectivity index (χ1n) is 8.22. The lowest BCUT2D eigenvalue weighted by atomic mass is 10.1. The van der Waals surface area contributed by atoms with Gasteiger partial charge in [-0.2, -0.15) is 0 Å². The summed E-state index contributed by atoms with van der Waals surface area (Å²) in [5, 5.41) is 0. The highest BCUT2D eigenvalue weighted by atomic mass is 27.2. The Hall–Kier alpha value is 0.532. The van der Waals surface area contributed by atoms with Crippen molar-refractivity contribution < 1.29 is 0 Å². The molecular weight excluding hydrogens is 219 g/mol. The van der Waals surface area contributed by atoms with Crippen LogP contribution in [-0.2, 0) is 0 Å². The molecule has 0 heterocycles. The van der Waals surface area contributed by atoms with E-state index in [4.69, 9.17) is 0 Å². The summed E-state index contributed by atoms with van der Waals surface area (Å²) < 4.78 is 1.11. The summed E-state index contributed by atoms with van der Waals surface area (Å²) in [4.78, 5) is 0. The fraction of sp³-hybridized carbons (Fsp3) is 1.00. The van der Waals surface area contributed by atoms with Crippen LogP contribution in [-0.4, -0.2) is 14.1 Å². The van der Waals surface area contributed by atoms with Gasteiger partial charge in [-0.25, -0.2) is 0 Å². The van der Waals surface area contributed by atoms with Crippen LogP contribution in [0.1, 0.15) is 84.5 Å². The first kappa shape index (κ1) is 17.5. The lowest BCUT2D eigenvalue weighted by Gasteiger charge is -2.15. The third-order valence-corrected chi connectivity index (χ3v) is 6.84. The monoisotopic (exact) mass is 254 g/mol. The van der Waals surface area contributed by atoms with Crippen LogP contribution in [0.2, 0.25) is 16.4 Å². The molecule has 0 aromatic rings. The summed E-state index contributed by atoms with van der Waals surface area (Å²) in [6.07, 6.45) is 16.2. The molecule has 0 spiro atoms. The molecule has 0 aliphatic heterocycles. The van der Waals surface area contributed by atoms with Crippen molar-refractivity contribution in [2.75, 3.05) is 0 Å². The van der Waals surface area contributed by atoms with Crippen LogP contribution in [0, 0.1) is 0 Å². The van der Waals surface area contributed by atoms with Gasteiger partial charge in [0.1, 0.15) is 0 Å². The van der Waals surface area contributed by atoms with E-state index in [1.54, 1.807) is 0 Å². The van der Waals surface area contributed by atoms with E-state index in [1.165, 1.54) is 70.6 Å². The zero-order valence-corrected chi connectivity index (χ0v) is 14.1. The molecule has 0 radical (unpaired) electrons. The van der Waals surface area contributed by atoms with Crippen LogP contribution in [0.5, 0.6) is 0 Å². The maximum atomic E-state index is 2.52. The van der Waals surface area contributed by atoms with Crippen molar-refractivity contribution in [3.05, 3.63) is 0 Å². The van der Waals surface area contributed by atoms with E-state index in [0.717, 1.165) is 4.78 Å². The standard InChI is InChI=1S/C14H29.2CH3.Al/c1-3-5-7-9-11-13-14-12-10-8-6-4-2;;;/h5H,3-4,6-14H2,1-2H3;2*1H3;. The molecule has 0 aromatic carbocycles. The molecule has 0 aromatic heterocycles. The summed E-state index contributed by atoms with van der Waals surface area (Å²) in [6, 6.07) is 0. The molecule has 0 saturated heterocycles. The Bertz CT molecular complexity index is 142. The Kier molecular flexibility index (Phi) is 13.4. The number of hydrogen-bond donors (Lipinski definition) is 0. The maximum Gasteiger partial charge on any atom is 0.258 e. The average Bonchev–Trinajstić information content (AvgIpc) is 2.31. The molecule has 0 nitrogen and oxygen atoms in total. The molecule has 1 atom stereocenters. The predicted molar refractivity (Wildman–Crippen MR) is 83.4 cm³/mol. The van der Waals surface area contributed by atoms with Crippen molar-refractivity contribution in [3.8, 4) is 0 Å². The van der Waals surface area contributed by atoms with Crippen molar-refractivity contribution >= 4 is 14.1 Å². The molecule has 0 aliphatic carbocycles. The molecular formula is C16H35Al. The Morgan fingerprint density at radius 3 is 1.59 bits per heavy atom. The van der Waals surface area contributed by atoms with Crippen LogP contribution in [0.15, 0.2) is 0 Å². The Morgan fingerprint density at radius 1 is 0.706 bits per heavy atom. The van der Waals surface area contributed by atoms with Crippen LogP contribution < -0.4 is 0 Å². The third-order valence-electron chi connectivity index (χ3n) is 4.15. The Morgan fingerprint density at radius 2 is 1.18 bits per heavy atom. The summed E-state index contributed by atoms with van der Waals surface area (Å²) in [6.45, 7) is 4.67. The fourth-order valence-corrected chi connectivity index (χ4v) is 4.57. The number of rotatable bonds is 12. The van der Waals surface area contributed by atoms with Gasteiger partial charge in [-0.3, -0.25) is 0 Å². The van der Waals surface area contributed by atoms with Gasteiger partial charge in [0, 0.05) is 0 Å². The second-order valence-electron chi connectivity index (χ2n) is 6.03. The van der Waals surface area contributed by atoms with Gasteiger partial charge in [-0.15, -0.1) is 11.6 Å². The highest BCUT2D eigenvalue weighted by Crippen LogP contribution is 2.23. The fourth-order valence-electron chi connectivity index (χ4n) is 2.73. The average molecular weight is 254 g/mol. The zero-order chi connectivity index (χ0) is 12.9. The van der Waals surface area contributed by atoms with Gasteiger partial charge in [0.15, 0.2) is 0 Å². The molecule has 0 rings (SSSR count). The van der Waals surface area contributed by atoms with E-state index in [1.807, 2.05) is 0 Å². The van der Waals surface area contributed by atoms with E-state index in [9.17, 15) is 0 Å². The van der Waals surface area contributed by atoms with Gasteiger partial charge in [-0.05, 0) is 0 Å². The molecule has 1 heteroatoms. The van der Waals surface area contributed by atoms with Gasteiger partial charge in [0.2, 0.25) is 0 Å². The van der Waals surface area contributed by atoms with Gasteiger partial charge < -0.3 is 0 Å². The van der Waals surface area contributed by atoms with Crippen molar-refractivity contribution in [3.63, 3.8) is 0 Å². The van der Waals surface area contributed by atoms with Gasteiger partial charge in [-0.1, -0.05) is 89.3 Å². The first-order valence-corrected chi connectivity index (χ1v) is 11.2. The molecule has 0 saturated carbocycles.